The van der Waals surface area contributed by atoms with E-state index in [1.54, 1.807) is 0 Å². The number of hydrogen-bond acceptors (Lipinski definition) is 30. The van der Waals surface area contributed by atoms with Gasteiger partial charge in [-0.15, -0.1) is 0 Å². The lowest BCUT2D eigenvalue weighted by Gasteiger charge is -2.43. The molecule has 0 radical (unpaired) electrons. The molecule has 0 spiro atoms. The van der Waals surface area contributed by atoms with Gasteiger partial charge in [-0.05, 0) is 96.1 Å². The summed E-state index contributed by atoms with van der Waals surface area (Å²) >= 11 is 0. The summed E-state index contributed by atoms with van der Waals surface area (Å²) in [5, 5.41) is 19.8. The van der Waals surface area contributed by atoms with Crippen LogP contribution in [-0.4, -0.2) is 262 Å². The Morgan fingerprint density at radius 1 is 0.395 bits per heavy atom. The van der Waals surface area contributed by atoms with E-state index in [2.05, 4.69) is 23.7 Å². The van der Waals surface area contributed by atoms with Crippen molar-refractivity contribution < 1.29 is 115 Å². The third kappa shape index (κ3) is 26.6. The van der Waals surface area contributed by atoms with Crippen LogP contribution in [0.4, 0.5) is 11.6 Å². The van der Waals surface area contributed by atoms with Crippen LogP contribution in [0.15, 0.2) is 127 Å². The summed E-state index contributed by atoms with van der Waals surface area (Å²) in [5.74, 6) is -6.35. The van der Waals surface area contributed by atoms with Crippen molar-refractivity contribution in [3.05, 3.63) is 130 Å². The van der Waals surface area contributed by atoms with Gasteiger partial charge in [-0.25, -0.2) is 80.5 Å². The van der Waals surface area contributed by atoms with Gasteiger partial charge in [0.2, 0.25) is 11.8 Å². The van der Waals surface area contributed by atoms with Gasteiger partial charge in [-0.2, -0.15) is 0 Å². The molecule has 4 aliphatic rings. The van der Waals surface area contributed by atoms with Crippen molar-refractivity contribution >= 4 is 161 Å². The summed E-state index contributed by atoms with van der Waals surface area (Å²) in [6.45, 7) is 7.09. The fourth-order valence-electron chi connectivity index (χ4n) is 16.3. The molecule has 0 saturated carbocycles. The Morgan fingerprint density at radius 3 is 1.03 bits per heavy atom. The van der Waals surface area contributed by atoms with Gasteiger partial charge in [0.25, 0.3) is 0 Å². The number of aliphatic carboxylic acids is 1. The van der Waals surface area contributed by atoms with Crippen molar-refractivity contribution in [1.82, 2.24) is 19.1 Å². The Hall–Kier alpha value is -7.40. The molecule has 45 heteroatoms. The summed E-state index contributed by atoms with van der Waals surface area (Å²) in [7, 11) is -40.9. The summed E-state index contributed by atoms with van der Waals surface area (Å²) in [6.07, 6.45) is -0.821. The molecule has 6 aromatic rings. The smallest absolute Gasteiger partial charge is 0.582 e. The minimum Gasteiger partial charge on any atom is -0.748 e. The molecule has 2 amide bonds. The van der Waals surface area contributed by atoms with Crippen LogP contribution in [-0.2, 0) is 83.3 Å². The SMILES string of the molecule is C[Si](C)(CCCNC(=O)CCCCC(=O)[O-])O[Si]1(O[Si](C)(C)CCCNC(=O)C(CCC[N+](CCCS(=O)(=O)[O-])(CCCS(=O)(=O)[O-])CCCS(=O)(=O)[O-])CCC[N+](CCCS(=O)(=O)[O-])(CCCS(=O)(=O)[O-])CCCS(=O)(=O)[O-])n2c3c4ccccc4c2N=C2N=C(N=c4c5ccccc5c(n41)=NC1=NC(=N3)c3ccccc31)c1ccccc12. The number of amides is 2. The number of carboxylic acid groups (broad SMARTS) is 1. The normalized spacial score (nSPS) is 15.8. The van der Waals surface area contributed by atoms with Crippen molar-refractivity contribution in [3.63, 3.8) is 0 Å². The Bertz CT molecular complexity index is 5310. The van der Waals surface area contributed by atoms with E-state index in [9.17, 15) is 92.5 Å². The van der Waals surface area contributed by atoms with Gasteiger partial charge in [0.05, 0.1) is 113 Å². The molecule has 1 unspecified atom stereocenters. The van der Waals surface area contributed by atoms with Crippen LogP contribution in [0.1, 0.15) is 125 Å². The molecule has 10 rings (SSSR count). The van der Waals surface area contributed by atoms with Gasteiger partial charge in [0, 0.05) is 148 Å². The quantitative estimate of drug-likeness (QED) is 0.0238. The molecule has 652 valence electrons. The Balaban J connectivity index is 1.07. The van der Waals surface area contributed by atoms with Gasteiger partial charge in [0.1, 0.15) is 22.6 Å². The summed E-state index contributed by atoms with van der Waals surface area (Å²) < 4.78 is 236. The number of fused-ring (bicyclic) bond motifs is 14. The van der Waals surface area contributed by atoms with Crippen LogP contribution in [0, 0.1) is 5.92 Å². The third-order valence-electron chi connectivity index (χ3n) is 21.6. The zero-order chi connectivity index (χ0) is 86.6. The highest BCUT2D eigenvalue weighted by atomic mass is 32.2. The van der Waals surface area contributed by atoms with Crippen molar-refractivity contribution in [2.75, 3.05) is 100.0 Å². The van der Waals surface area contributed by atoms with Gasteiger partial charge in [0.15, 0.2) is 40.0 Å². The van der Waals surface area contributed by atoms with E-state index >= 15 is 4.79 Å². The Labute approximate surface area is 696 Å². The van der Waals surface area contributed by atoms with Crippen molar-refractivity contribution in [2.24, 2.45) is 35.9 Å². The van der Waals surface area contributed by atoms with Crippen LogP contribution >= 0.6 is 0 Å². The van der Waals surface area contributed by atoms with Gasteiger partial charge in [-0.3, -0.25) is 18.1 Å². The molecular weight excluding hydrogens is 1720 g/mol. The third-order valence-corrected chi connectivity index (χ3v) is 38.0. The van der Waals surface area contributed by atoms with Gasteiger partial charge in [-0.1, -0.05) is 97.1 Å². The number of rotatable bonds is 50. The molecule has 0 fully saturated rings. The van der Waals surface area contributed by atoms with E-state index in [1.807, 2.05) is 119 Å². The molecular formula is C74H99N12O24S6Si3-5. The number of carboxylic acids is 1. The second-order valence-corrected chi connectivity index (χ2v) is 52.8. The van der Waals surface area contributed by atoms with E-state index in [1.165, 1.54) is 0 Å². The van der Waals surface area contributed by atoms with Crippen LogP contribution in [0.3, 0.4) is 0 Å². The second kappa shape index (κ2) is 39.0. The minimum absolute atomic E-state index is 0.0229. The maximum Gasteiger partial charge on any atom is 0.582 e. The first-order chi connectivity index (χ1) is 55.7. The predicted molar refractivity (Wildman–Crippen MR) is 443 cm³/mol. The molecule has 0 aliphatic carbocycles. The predicted octanol–water partition coefficient (Wildman–Crippen LogP) is 3.56. The highest BCUT2D eigenvalue weighted by Gasteiger charge is 2.58. The number of carbonyl (C=O) groups excluding carboxylic acids is 3. The fourth-order valence-corrected chi connectivity index (χ4v) is 31.8. The van der Waals surface area contributed by atoms with Crippen molar-refractivity contribution in [1.29, 1.82) is 0 Å². The molecule has 4 aromatic carbocycles. The number of hydrogen-bond donors (Lipinski definition) is 2. The van der Waals surface area contributed by atoms with E-state index in [0.29, 0.717) is 109 Å². The average molecular weight is 1820 g/mol. The maximum atomic E-state index is 15.4. The number of nitrogens with zero attached hydrogens (tertiary/aromatic N) is 10. The molecule has 6 bridgehead atoms. The number of amidine groups is 4. The van der Waals surface area contributed by atoms with Crippen molar-refractivity contribution in [3.8, 4) is 0 Å². The first-order valence-electron chi connectivity index (χ1n) is 39.5. The van der Waals surface area contributed by atoms with Crippen LogP contribution in [0.5, 0.6) is 0 Å². The summed E-state index contributed by atoms with van der Waals surface area (Å²) in [6, 6.07) is 31.2. The van der Waals surface area contributed by atoms with Crippen molar-refractivity contribution in [2.45, 2.75) is 141 Å². The molecule has 119 heavy (non-hydrogen) atoms. The molecule has 0 saturated heterocycles. The topological polar surface area (TPSA) is 544 Å². The average Bonchev–Trinajstić information content (AvgIpc) is 1.53. The molecule has 2 aromatic heterocycles. The van der Waals surface area contributed by atoms with Gasteiger partial charge >= 0.3 is 8.88 Å². The van der Waals surface area contributed by atoms with Gasteiger partial charge < -0.3 is 65.0 Å². The molecule has 1 atom stereocenters. The number of benzene rings is 4. The first kappa shape index (κ1) is 93.9. The van der Waals surface area contributed by atoms with E-state index < -0.39 is 139 Å². The van der Waals surface area contributed by atoms with Crippen LogP contribution in [0.2, 0.25) is 38.3 Å². The van der Waals surface area contributed by atoms with Crippen LogP contribution < -0.4 is 26.7 Å². The number of unbranched alkanes of at least 4 members (excludes halogenated alkanes) is 1. The maximum absolute atomic E-state index is 15.4. The van der Waals surface area contributed by atoms with E-state index in [4.69, 9.17) is 38.2 Å². The Kier molecular flexibility index (Phi) is 30.8. The molecule has 2 N–H and O–H groups in total. The number of nitrogens with one attached hydrogen (secondary N) is 2. The number of quaternary nitrogens is 2. The number of carbonyl (C=O) groups is 3. The fraction of sp³-hybridized carbons (Fsp3) is 0.527. The molecule has 36 nitrogen and oxygen atoms in total. The molecule has 4 aliphatic heterocycles. The summed E-state index contributed by atoms with van der Waals surface area (Å²) in [5.41, 5.74) is 3.47. The van der Waals surface area contributed by atoms with E-state index in [-0.39, 0.29) is 176 Å². The zero-order valence-corrected chi connectivity index (χ0v) is 74.5. The lowest BCUT2D eigenvalue weighted by molar-refractivity contribution is -0.928. The summed E-state index contributed by atoms with van der Waals surface area (Å²) in [4.78, 5) is 72.6. The minimum atomic E-state index is -4.92. The highest BCUT2D eigenvalue weighted by molar-refractivity contribution is 7.86. The lowest BCUT2D eigenvalue weighted by Crippen LogP contribution is -2.70. The monoisotopic (exact) mass is 1820 g/mol. The molecule has 6 heterocycles. The number of aromatic nitrogens is 2. The largest absolute Gasteiger partial charge is 0.748 e. The first-order valence-corrected chi connectivity index (χ1v) is 56.9. The van der Waals surface area contributed by atoms with E-state index in [0.717, 1.165) is 0 Å². The lowest BCUT2D eigenvalue weighted by atomic mass is 9.95. The highest BCUT2D eigenvalue weighted by Crippen LogP contribution is 2.46. The zero-order valence-electron chi connectivity index (χ0n) is 66.6. The van der Waals surface area contributed by atoms with Crippen LogP contribution in [0.25, 0.3) is 21.5 Å². The number of aliphatic imine (C=N–C) groups is 4. The Morgan fingerprint density at radius 2 is 0.697 bits per heavy atom. The standard InChI is InChI=1S/C74H104N12O24S6Si3/c1-117(2,53-17-37-75-64(87)35-13-14-36-65(88)89)109-119(83-70-60-31-9-10-32-61(60)72(83)81-68-58-29-7-8-30-59(58)69(78-68)82-73-63-34-12-11-33-62(63)71(84(73)119)80-67-57-28-6-5-27-56(57)66(77-67)79-70)110-118(3,4)54-18-38-76-74(90)55(25-15-39-85(41-19-47-111(91,92)93,42-20-48-112(94,95)96)43-21-49-113(97,98)99)26-16-40-86(44-22-50-114(100,101)102,45-23-51-115(103,104)105)46-24-52-116(106,107)108/h5-12,27-34,55H,13-26,35-54H2,1-4H3,(H7-2,75,76,87,88,89,90,91,92,93,94,95,96,97,98,99,100,101,102,103,104,105,106,107,108)/p-5. The second-order valence-electron chi connectivity index (χ2n) is 32.0.